The van der Waals surface area contributed by atoms with E-state index in [0.717, 1.165) is 0 Å². The lowest BCUT2D eigenvalue weighted by Gasteiger charge is -2.27. The molecule has 6 heteroatoms. The highest BCUT2D eigenvalue weighted by Gasteiger charge is 2.23. The van der Waals surface area contributed by atoms with Crippen LogP contribution in [-0.2, 0) is 19.1 Å². The number of hydrogen-bond donors (Lipinski definition) is 0. The molecule has 15 heavy (non-hydrogen) atoms. The van der Waals surface area contributed by atoms with Gasteiger partial charge in [0.15, 0.2) is 6.54 Å². The van der Waals surface area contributed by atoms with Crippen LogP contribution in [0.3, 0.4) is 0 Å². The Morgan fingerprint density at radius 2 is 1.40 bits per heavy atom. The Morgan fingerprint density at radius 1 is 1.07 bits per heavy atom. The van der Waals surface area contributed by atoms with Crippen molar-refractivity contribution in [2.75, 3.05) is 27.7 Å². The molecule has 0 aliphatic carbocycles. The van der Waals surface area contributed by atoms with E-state index in [1.165, 1.54) is 13.8 Å². The Bertz CT molecular complexity index is 209. The quantitative estimate of drug-likeness (QED) is 0.241. The Hall–Kier alpha value is -0.620. The van der Waals surface area contributed by atoms with Crippen LogP contribution in [0.15, 0.2) is 0 Å². The third kappa shape index (κ3) is 11.3. The Morgan fingerprint density at radius 3 is 1.60 bits per heavy atom. The van der Waals surface area contributed by atoms with E-state index in [-0.39, 0.29) is 17.0 Å². The number of quaternary nitrogens is 1. The summed E-state index contributed by atoms with van der Waals surface area (Å²) in [7, 11) is 5.75. The van der Waals surface area contributed by atoms with Gasteiger partial charge in [-0.2, -0.15) is 0 Å². The van der Waals surface area contributed by atoms with Crippen LogP contribution in [0, 0.1) is 0 Å². The second-order valence-corrected chi connectivity index (χ2v) is 4.12. The van der Waals surface area contributed by atoms with E-state index >= 15 is 0 Å². The minimum atomic E-state index is -0.801. The van der Waals surface area contributed by atoms with Crippen LogP contribution in [0.4, 0.5) is 0 Å². The summed E-state index contributed by atoms with van der Waals surface area (Å²) in [4.78, 5) is 21.4. The molecule has 0 atom stereocenters. The van der Waals surface area contributed by atoms with Gasteiger partial charge in [0.2, 0.25) is 0 Å². The van der Waals surface area contributed by atoms with Crippen molar-refractivity contribution in [3.63, 3.8) is 0 Å². The maximum Gasteiger partial charge on any atom is 0.305 e. The first-order chi connectivity index (χ1) is 6.20. The maximum absolute atomic E-state index is 10.7. The molecule has 0 heterocycles. The first-order valence-electron chi connectivity index (χ1n) is 4.35. The molecule has 0 saturated carbocycles. The van der Waals surface area contributed by atoms with Gasteiger partial charge in [-0.3, -0.25) is 9.59 Å². The molecule has 0 aliphatic rings. The Labute approximate surface area is 101 Å². The summed E-state index contributed by atoms with van der Waals surface area (Å²) < 4.78 is 10.2. The first-order valence-corrected chi connectivity index (χ1v) is 4.35. The van der Waals surface area contributed by atoms with Gasteiger partial charge in [-0.25, -0.2) is 0 Å². The normalized spacial score (nSPS) is 10.5. The smallest absolute Gasteiger partial charge is 0.305 e. The summed E-state index contributed by atoms with van der Waals surface area (Å²) in [5, 5.41) is 0. The fourth-order valence-corrected chi connectivity index (χ4v) is 0.916. The van der Waals surface area contributed by atoms with Crippen LogP contribution in [0.2, 0.25) is 0 Å². The summed E-state index contributed by atoms with van der Waals surface area (Å²) in [6, 6.07) is 0. The zero-order valence-corrected chi connectivity index (χ0v) is 11.3. The highest BCUT2D eigenvalue weighted by atomic mass is 79.9. The van der Waals surface area contributed by atoms with Gasteiger partial charge in [0.05, 0.1) is 21.1 Å². The van der Waals surface area contributed by atoms with E-state index in [1.54, 1.807) is 0 Å². The molecule has 0 spiro atoms. The number of halogens is 1. The van der Waals surface area contributed by atoms with E-state index in [9.17, 15) is 9.59 Å². The topological polar surface area (TPSA) is 52.6 Å². The molecular weight excluding hydrogens is 267 g/mol. The molecule has 0 radical (unpaired) electrons. The third-order valence-corrected chi connectivity index (χ3v) is 1.29. The molecular formula is C9H18BrNO4. The van der Waals surface area contributed by atoms with Crippen molar-refractivity contribution >= 4 is 11.9 Å². The summed E-state index contributed by atoms with van der Waals surface area (Å²) >= 11 is 0. The molecule has 0 aromatic heterocycles. The summed E-state index contributed by atoms with van der Waals surface area (Å²) in [6.45, 7) is 3.00. The van der Waals surface area contributed by atoms with Gasteiger partial charge in [-0.15, -0.1) is 0 Å². The molecule has 0 unspecified atom stereocenters. The highest BCUT2D eigenvalue weighted by Crippen LogP contribution is 2.02. The van der Waals surface area contributed by atoms with Gasteiger partial charge in [0, 0.05) is 13.8 Å². The molecule has 0 rings (SSSR count). The van der Waals surface area contributed by atoms with E-state index in [1.807, 2.05) is 21.1 Å². The first kappa shape index (κ1) is 16.8. The second-order valence-electron chi connectivity index (χ2n) is 4.12. The van der Waals surface area contributed by atoms with E-state index < -0.39 is 18.2 Å². The number of nitrogens with zero attached hydrogens (tertiary/aromatic N) is 1. The number of ether oxygens (including phenoxy) is 2. The van der Waals surface area contributed by atoms with Gasteiger partial charge in [0.1, 0.15) is 0 Å². The van der Waals surface area contributed by atoms with Gasteiger partial charge in [-0.05, 0) is 0 Å². The highest BCUT2D eigenvalue weighted by molar-refractivity contribution is 5.68. The van der Waals surface area contributed by atoms with Crippen molar-refractivity contribution in [3.8, 4) is 0 Å². The van der Waals surface area contributed by atoms with Crippen molar-refractivity contribution in [2.24, 2.45) is 0 Å². The zero-order chi connectivity index (χ0) is 11.4. The molecule has 5 nitrogen and oxygen atoms in total. The van der Waals surface area contributed by atoms with E-state index in [2.05, 4.69) is 0 Å². The maximum atomic E-state index is 10.7. The summed E-state index contributed by atoms with van der Waals surface area (Å²) in [5.41, 5.74) is 0. The van der Waals surface area contributed by atoms with Gasteiger partial charge < -0.3 is 30.9 Å². The number of rotatable bonds is 4. The van der Waals surface area contributed by atoms with Crippen molar-refractivity contribution in [1.82, 2.24) is 0 Å². The van der Waals surface area contributed by atoms with Gasteiger partial charge in [-0.1, -0.05) is 0 Å². The average Bonchev–Trinajstić information content (AvgIpc) is 1.77. The average molecular weight is 285 g/mol. The van der Waals surface area contributed by atoms with Crippen LogP contribution in [0.25, 0.3) is 0 Å². The lowest BCUT2D eigenvalue weighted by atomic mass is 10.6. The SMILES string of the molecule is CC(=O)OC(C[15N+](C)(C)C)OC(C)=O.[Br-]. The summed E-state index contributed by atoms with van der Waals surface area (Å²) in [6.07, 6.45) is -0.801. The molecule has 0 aliphatic heterocycles. The standard InChI is InChI=1S/C9H18NO4.BrH/c1-7(11)13-9(14-8(2)12)6-10(3,4)5;/h9H,6H2,1-5H3;1H/q+1;/p-1/i10+1;. The fourth-order valence-electron chi connectivity index (χ4n) is 0.916. The van der Waals surface area contributed by atoms with Crippen LogP contribution >= 0.6 is 0 Å². The molecule has 90 valence electrons. The minimum Gasteiger partial charge on any atom is -1.00 e. The predicted octanol–water partition coefficient (Wildman–Crippen LogP) is -2.85. The monoisotopic (exact) mass is 284 g/mol. The van der Waals surface area contributed by atoms with Crippen molar-refractivity contribution in [1.29, 1.82) is 0 Å². The third-order valence-electron chi connectivity index (χ3n) is 1.29. The van der Waals surface area contributed by atoms with Crippen molar-refractivity contribution in [3.05, 3.63) is 0 Å². The Kier molecular flexibility index (Phi) is 7.60. The number of carbonyl (C=O) groups excluding carboxylic acids is 2. The predicted molar refractivity (Wildman–Crippen MR) is 50.2 cm³/mol. The van der Waals surface area contributed by atoms with Gasteiger partial charge in [0.25, 0.3) is 6.29 Å². The second kappa shape index (κ2) is 6.79. The van der Waals surface area contributed by atoms with E-state index in [4.69, 9.17) is 9.47 Å². The van der Waals surface area contributed by atoms with Crippen molar-refractivity contribution in [2.45, 2.75) is 20.1 Å². The number of hydrogen-bond acceptors (Lipinski definition) is 4. The molecule has 0 aromatic carbocycles. The lowest BCUT2D eigenvalue weighted by Crippen LogP contribution is -3.00. The molecule has 0 fully saturated rings. The van der Waals surface area contributed by atoms with Crippen molar-refractivity contribution < 1.29 is 40.5 Å². The Balaban J connectivity index is 0. The zero-order valence-electron chi connectivity index (χ0n) is 9.74. The molecule has 0 bridgehead atoms. The summed E-state index contributed by atoms with van der Waals surface area (Å²) in [5.74, 6) is -0.908. The number of carbonyl (C=O) groups is 2. The molecule has 0 amide bonds. The number of likely N-dealkylation sites (N-methyl/N-ethyl adjacent to an activating group) is 1. The fraction of sp³-hybridized carbons (Fsp3) is 0.778. The largest absolute Gasteiger partial charge is 1.00 e. The molecule has 0 saturated heterocycles. The van der Waals surface area contributed by atoms with Crippen LogP contribution in [0.1, 0.15) is 13.8 Å². The molecule has 0 N–H and O–H groups in total. The van der Waals surface area contributed by atoms with Crippen LogP contribution in [-0.4, -0.2) is 50.4 Å². The molecule has 0 aromatic rings. The van der Waals surface area contributed by atoms with E-state index in [0.29, 0.717) is 11.0 Å². The van der Waals surface area contributed by atoms with Crippen LogP contribution < -0.4 is 17.0 Å². The van der Waals surface area contributed by atoms with Gasteiger partial charge >= 0.3 is 11.9 Å². The van der Waals surface area contributed by atoms with Crippen LogP contribution in [0.5, 0.6) is 0 Å². The minimum absolute atomic E-state index is 0. The lowest BCUT2D eigenvalue weighted by molar-refractivity contribution is -0.876. The number of esters is 2.